The van der Waals surface area contributed by atoms with Crippen LogP contribution >= 0.6 is 0 Å². The fraction of sp³-hybridized carbons (Fsp3) is 1.00. The molecular weight excluding hydrogens is 162 g/mol. The van der Waals surface area contributed by atoms with E-state index in [-0.39, 0.29) is 6.04 Å². The zero-order valence-corrected chi connectivity index (χ0v) is 8.54. The Labute approximate surface area is 80.8 Å². The molecule has 1 aliphatic carbocycles. The van der Waals surface area contributed by atoms with Gasteiger partial charge in [0.05, 0.1) is 6.10 Å². The van der Waals surface area contributed by atoms with Crippen LogP contribution in [0.2, 0.25) is 0 Å². The quantitative estimate of drug-likeness (QED) is 0.722. The molecule has 13 heavy (non-hydrogen) atoms. The van der Waals surface area contributed by atoms with Crippen LogP contribution in [0.5, 0.6) is 0 Å². The van der Waals surface area contributed by atoms with Crippen molar-refractivity contribution >= 4 is 0 Å². The molecule has 0 aromatic rings. The van der Waals surface area contributed by atoms with E-state index in [9.17, 15) is 0 Å². The molecule has 0 amide bonds. The highest BCUT2D eigenvalue weighted by Crippen LogP contribution is 2.35. The van der Waals surface area contributed by atoms with E-state index in [0.29, 0.717) is 12.0 Å². The van der Waals surface area contributed by atoms with Crippen LogP contribution in [0.25, 0.3) is 0 Å². The van der Waals surface area contributed by atoms with Crippen molar-refractivity contribution in [2.45, 2.75) is 51.2 Å². The molecule has 2 fully saturated rings. The molecule has 0 aromatic carbocycles. The lowest BCUT2D eigenvalue weighted by Crippen LogP contribution is -2.37. The highest BCUT2D eigenvalue weighted by atomic mass is 16.5. The van der Waals surface area contributed by atoms with Gasteiger partial charge in [0.1, 0.15) is 0 Å². The van der Waals surface area contributed by atoms with Gasteiger partial charge in [0.2, 0.25) is 0 Å². The molecule has 3 unspecified atom stereocenters. The van der Waals surface area contributed by atoms with Gasteiger partial charge in [0.25, 0.3) is 0 Å². The molecule has 1 saturated carbocycles. The van der Waals surface area contributed by atoms with Gasteiger partial charge >= 0.3 is 0 Å². The summed E-state index contributed by atoms with van der Waals surface area (Å²) in [7, 11) is 0. The molecule has 1 aliphatic heterocycles. The van der Waals surface area contributed by atoms with Crippen molar-refractivity contribution in [2.24, 2.45) is 17.6 Å². The molecule has 2 heteroatoms. The first-order valence-electron chi connectivity index (χ1n) is 5.64. The lowest BCUT2D eigenvalue weighted by Gasteiger charge is -2.22. The molecule has 2 aliphatic rings. The van der Waals surface area contributed by atoms with Crippen molar-refractivity contribution < 1.29 is 4.74 Å². The third kappa shape index (κ3) is 2.44. The molecule has 0 bridgehead atoms. The van der Waals surface area contributed by atoms with Gasteiger partial charge in [-0.05, 0) is 31.1 Å². The van der Waals surface area contributed by atoms with Crippen molar-refractivity contribution in [3.8, 4) is 0 Å². The lowest BCUT2D eigenvalue weighted by atomic mass is 9.94. The van der Waals surface area contributed by atoms with Crippen molar-refractivity contribution in [1.82, 2.24) is 0 Å². The maximum Gasteiger partial charge on any atom is 0.0752 e. The van der Waals surface area contributed by atoms with Crippen molar-refractivity contribution in [3.63, 3.8) is 0 Å². The zero-order valence-electron chi connectivity index (χ0n) is 8.54. The monoisotopic (exact) mass is 183 g/mol. The first-order chi connectivity index (χ1) is 6.27. The Morgan fingerprint density at radius 3 is 2.69 bits per heavy atom. The first kappa shape index (κ1) is 9.47. The normalized spacial score (nSPS) is 36.5. The highest BCUT2D eigenvalue weighted by Gasteiger charge is 2.31. The van der Waals surface area contributed by atoms with Crippen LogP contribution in [-0.4, -0.2) is 18.8 Å². The number of rotatable bonds is 4. The van der Waals surface area contributed by atoms with Gasteiger partial charge in [-0.3, -0.25) is 0 Å². The maximum absolute atomic E-state index is 6.12. The molecule has 76 valence electrons. The van der Waals surface area contributed by atoms with E-state index >= 15 is 0 Å². The van der Waals surface area contributed by atoms with Crippen LogP contribution in [0, 0.1) is 11.8 Å². The molecule has 2 nitrogen and oxygen atoms in total. The second-order valence-corrected chi connectivity index (χ2v) is 4.79. The van der Waals surface area contributed by atoms with Gasteiger partial charge in [-0.2, -0.15) is 0 Å². The average Bonchev–Trinajstić information content (AvgIpc) is 2.84. The van der Waals surface area contributed by atoms with Crippen LogP contribution in [0.4, 0.5) is 0 Å². The number of hydrogen-bond donors (Lipinski definition) is 1. The molecule has 0 spiro atoms. The molecule has 2 rings (SSSR count). The fourth-order valence-electron chi connectivity index (χ4n) is 2.26. The Kier molecular flexibility index (Phi) is 2.89. The maximum atomic E-state index is 6.12. The predicted molar refractivity (Wildman–Crippen MR) is 53.5 cm³/mol. The lowest BCUT2D eigenvalue weighted by molar-refractivity contribution is 0.0692. The number of nitrogens with two attached hydrogens (primary N) is 1. The fourth-order valence-corrected chi connectivity index (χ4v) is 2.26. The summed E-state index contributed by atoms with van der Waals surface area (Å²) in [6, 6.07) is 0.290. The smallest absolute Gasteiger partial charge is 0.0752 e. The Morgan fingerprint density at radius 2 is 2.15 bits per heavy atom. The van der Waals surface area contributed by atoms with E-state index in [2.05, 4.69) is 6.92 Å². The van der Waals surface area contributed by atoms with Crippen LogP contribution in [-0.2, 0) is 4.74 Å². The molecule has 2 N–H and O–H groups in total. The SMILES string of the molecule is CC1CCOC1C(N)CCC1CC1. The van der Waals surface area contributed by atoms with Crippen LogP contribution in [0.3, 0.4) is 0 Å². The van der Waals surface area contributed by atoms with Crippen molar-refractivity contribution in [1.29, 1.82) is 0 Å². The van der Waals surface area contributed by atoms with E-state index in [0.717, 1.165) is 12.5 Å². The minimum absolute atomic E-state index is 0.290. The minimum atomic E-state index is 0.290. The van der Waals surface area contributed by atoms with Crippen molar-refractivity contribution in [2.75, 3.05) is 6.61 Å². The van der Waals surface area contributed by atoms with E-state index in [1.807, 2.05) is 0 Å². The second kappa shape index (κ2) is 3.97. The summed E-state index contributed by atoms with van der Waals surface area (Å²) in [6.07, 6.45) is 6.91. The summed E-state index contributed by atoms with van der Waals surface area (Å²) >= 11 is 0. The molecule has 1 saturated heterocycles. The summed E-state index contributed by atoms with van der Waals surface area (Å²) < 4.78 is 5.65. The molecule has 0 radical (unpaired) electrons. The Bertz CT molecular complexity index is 167. The standard InChI is InChI=1S/C11H21NO/c1-8-6-7-13-11(8)10(12)5-4-9-2-3-9/h8-11H,2-7,12H2,1H3. The largest absolute Gasteiger partial charge is 0.376 e. The molecule has 0 aromatic heterocycles. The van der Waals surface area contributed by atoms with Gasteiger partial charge in [0, 0.05) is 12.6 Å². The third-order valence-electron chi connectivity index (χ3n) is 3.47. The van der Waals surface area contributed by atoms with Gasteiger partial charge in [-0.1, -0.05) is 19.8 Å². The predicted octanol–water partition coefficient (Wildman–Crippen LogP) is 1.93. The average molecular weight is 183 g/mol. The number of hydrogen-bond acceptors (Lipinski definition) is 2. The molecule has 1 heterocycles. The summed E-state index contributed by atoms with van der Waals surface area (Å²) in [4.78, 5) is 0. The Morgan fingerprint density at radius 1 is 1.38 bits per heavy atom. The van der Waals surface area contributed by atoms with Crippen molar-refractivity contribution in [3.05, 3.63) is 0 Å². The Balaban J connectivity index is 1.71. The summed E-state index contributed by atoms with van der Waals surface area (Å²) in [5.41, 5.74) is 6.12. The molecular formula is C11H21NO. The summed E-state index contributed by atoms with van der Waals surface area (Å²) in [6.45, 7) is 3.18. The van der Waals surface area contributed by atoms with E-state index in [1.54, 1.807) is 0 Å². The first-order valence-corrected chi connectivity index (χ1v) is 5.64. The van der Waals surface area contributed by atoms with Gasteiger partial charge in [-0.25, -0.2) is 0 Å². The summed E-state index contributed by atoms with van der Waals surface area (Å²) in [5.74, 6) is 1.68. The van der Waals surface area contributed by atoms with E-state index in [1.165, 1.54) is 32.1 Å². The number of ether oxygens (including phenoxy) is 1. The second-order valence-electron chi connectivity index (χ2n) is 4.79. The minimum Gasteiger partial charge on any atom is -0.376 e. The van der Waals surface area contributed by atoms with Gasteiger partial charge in [0.15, 0.2) is 0 Å². The highest BCUT2D eigenvalue weighted by molar-refractivity contribution is 4.84. The van der Waals surface area contributed by atoms with E-state index < -0.39 is 0 Å². The third-order valence-corrected chi connectivity index (χ3v) is 3.47. The van der Waals surface area contributed by atoms with E-state index in [4.69, 9.17) is 10.5 Å². The molecule has 3 atom stereocenters. The topological polar surface area (TPSA) is 35.2 Å². The van der Waals surface area contributed by atoms with Crippen LogP contribution in [0.15, 0.2) is 0 Å². The Hall–Kier alpha value is -0.0800. The van der Waals surface area contributed by atoms with Crippen LogP contribution < -0.4 is 5.73 Å². The summed E-state index contributed by atoms with van der Waals surface area (Å²) in [5, 5.41) is 0. The van der Waals surface area contributed by atoms with Gasteiger partial charge < -0.3 is 10.5 Å². The zero-order chi connectivity index (χ0) is 9.26. The van der Waals surface area contributed by atoms with Crippen LogP contribution in [0.1, 0.15) is 39.0 Å². The van der Waals surface area contributed by atoms with Gasteiger partial charge in [-0.15, -0.1) is 0 Å².